The highest BCUT2D eigenvalue weighted by molar-refractivity contribution is 14.0. The molecule has 1 unspecified atom stereocenters. The highest BCUT2D eigenvalue weighted by Crippen LogP contribution is 2.19. The number of para-hydroxylation sites is 1. The molecule has 0 bridgehead atoms. The summed E-state index contributed by atoms with van der Waals surface area (Å²) in [4.78, 5) is 12.0. The second kappa shape index (κ2) is 11.4. The molecule has 2 heterocycles. The third-order valence-electron chi connectivity index (χ3n) is 5.18. The maximum absolute atomic E-state index is 4.98. The third kappa shape index (κ3) is 6.33. The number of anilines is 1. The molecule has 0 aliphatic carbocycles. The lowest BCUT2D eigenvalue weighted by atomic mass is 10.1. The van der Waals surface area contributed by atoms with E-state index in [0.29, 0.717) is 6.54 Å². The molecule has 1 aliphatic rings. The molecule has 2 aromatic rings. The van der Waals surface area contributed by atoms with Crippen molar-refractivity contribution in [1.82, 2.24) is 24.9 Å². The zero-order valence-electron chi connectivity index (χ0n) is 18.0. The van der Waals surface area contributed by atoms with E-state index in [-0.39, 0.29) is 30.0 Å². The van der Waals surface area contributed by atoms with Crippen molar-refractivity contribution >= 4 is 35.6 Å². The number of aliphatic imine (C=N–C) groups is 1. The quantitative estimate of drug-likeness (QED) is 0.367. The largest absolute Gasteiger partial charge is 0.368 e. The molecule has 1 saturated heterocycles. The fraction of sp³-hybridized carbons (Fsp3) is 0.524. The van der Waals surface area contributed by atoms with Gasteiger partial charge in [0.05, 0.1) is 18.8 Å². The number of hydrogen-bond donors (Lipinski definition) is 1. The van der Waals surface area contributed by atoms with E-state index in [2.05, 4.69) is 82.7 Å². The van der Waals surface area contributed by atoms with E-state index in [0.717, 1.165) is 38.7 Å². The van der Waals surface area contributed by atoms with Gasteiger partial charge in [-0.2, -0.15) is 5.10 Å². The normalized spacial score (nSPS) is 16.0. The maximum Gasteiger partial charge on any atom is 0.194 e. The van der Waals surface area contributed by atoms with Gasteiger partial charge in [-0.25, -0.2) is 0 Å². The monoisotopic (exact) mass is 511 g/mol. The number of aromatic nitrogens is 2. The number of halogens is 1. The molecule has 1 fully saturated rings. The number of hydrogen-bond acceptors (Lipinski definition) is 4. The number of likely N-dealkylation sites (N-methyl/N-ethyl adjacent to an activating group) is 1. The van der Waals surface area contributed by atoms with Crippen LogP contribution < -0.4 is 10.2 Å². The zero-order valence-corrected chi connectivity index (χ0v) is 20.3. The number of benzene rings is 1. The van der Waals surface area contributed by atoms with Crippen molar-refractivity contribution in [3.05, 3.63) is 48.3 Å². The first-order chi connectivity index (χ1) is 13.6. The van der Waals surface area contributed by atoms with Crippen LogP contribution in [0.3, 0.4) is 0 Å². The fourth-order valence-electron chi connectivity index (χ4n) is 3.59. The molecule has 160 valence electrons. The molecule has 1 atom stereocenters. The molecule has 1 aliphatic heterocycles. The zero-order chi connectivity index (χ0) is 19.9. The van der Waals surface area contributed by atoms with Crippen LogP contribution in [0.5, 0.6) is 0 Å². The summed E-state index contributed by atoms with van der Waals surface area (Å²) < 4.78 is 1.85. The number of piperazine rings is 1. The van der Waals surface area contributed by atoms with Crippen molar-refractivity contribution < 1.29 is 0 Å². The van der Waals surface area contributed by atoms with Crippen LogP contribution in [0.1, 0.15) is 18.5 Å². The number of nitrogens with zero attached hydrogens (tertiary/aromatic N) is 6. The van der Waals surface area contributed by atoms with Gasteiger partial charge in [0.25, 0.3) is 0 Å². The Labute approximate surface area is 191 Å². The smallest absolute Gasteiger partial charge is 0.194 e. The number of nitrogens with one attached hydrogen (secondary N) is 1. The van der Waals surface area contributed by atoms with E-state index in [4.69, 9.17) is 4.99 Å². The lowest BCUT2D eigenvalue weighted by Crippen LogP contribution is -2.52. The summed E-state index contributed by atoms with van der Waals surface area (Å²) in [5.74, 6) is 1.01. The minimum atomic E-state index is 0. The minimum Gasteiger partial charge on any atom is -0.368 e. The van der Waals surface area contributed by atoms with Gasteiger partial charge in [0.1, 0.15) is 0 Å². The predicted molar refractivity (Wildman–Crippen MR) is 131 cm³/mol. The average Bonchev–Trinajstić information content (AvgIpc) is 3.14. The molecule has 7 nitrogen and oxygen atoms in total. The van der Waals surface area contributed by atoms with Crippen LogP contribution in [0.2, 0.25) is 0 Å². The van der Waals surface area contributed by atoms with Gasteiger partial charge in [0, 0.05) is 57.2 Å². The minimum absolute atomic E-state index is 0. The van der Waals surface area contributed by atoms with Gasteiger partial charge in [-0.15, -0.1) is 24.0 Å². The first kappa shape index (κ1) is 23.5. The highest BCUT2D eigenvalue weighted by Gasteiger charge is 2.21. The standard InChI is InChI=1S/C21H33N7.HI/c1-5-22-21(23-16-20(25(2)3)18-15-24-26(4)17-18)28-13-11-27(12-14-28)19-9-7-6-8-10-19;/h6-10,15,17,20H,5,11-14,16H2,1-4H3,(H,22,23);1H. The van der Waals surface area contributed by atoms with E-state index < -0.39 is 0 Å². The van der Waals surface area contributed by atoms with Crippen LogP contribution in [-0.4, -0.2) is 78.9 Å². The van der Waals surface area contributed by atoms with E-state index in [1.54, 1.807) is 0 Å². The van der Waals surface area contributed by atoms with Crippen molar-refractivity contribution in [2.75, 3.05) is 58.3 Å². The molecule has 0 radical (unpaired) electrons. The number of aryl methyl sites for hydroxylation is 1. The Kier molecular flexibility index (Phi) is 9.22. The first-order valence-corrected chi connectivity index (χ1v) is 10.1. The molecule has 0 saturated carbocycles. The fourth-order valence-corrected chi connectivity index (χ4v) is 3.59. The van der Waals surface area contributed by atoms with Gasteiger partial charge >= 0.3 is 0 Å². The van der Waals surface area contributed by atoms with Crippen LogP contribution >= 0.6 is 24.0 Å². The molecular formula is C21H34IN7. The number of rotatable bonds is 6. The van der Waals surface area contributed by atoms with Crippen molar-refractivity contribution in [2.45, 2.75) is 13.0 Å². The van der Waals surface area contributed by atoms with Crippen LogP contribution in [0, 0.1) is 0 Å². The molecule has 1 aromatic heterocycles. The van der Waals surface area contributed by atoms with E-state index in [9.17, 15) is 0 Å². The van der Waals surface area contributed by atoms with Gasteiger partial charge in [0.2, 0.25) is 0 Å². The van der Waals surface area contributed by atoms with Crippen LogP contribution in [-0.2, 0) is 7.05 Å². The Morgan fingerprint density at radius 1 is 1.17 bits per heavy atom. The van der Waals surface area contributed by atoms with Crippen LogP contribution in [0.25, 0.3) is 0 Å². The van der Waals surface area contributed by atoms with Gasteiger partial charge < -0.3 is 20.0 Å². The van der Waals surface area contributed by atoms with Gasteiger partial charge in [0.15, 0.2) is 5.96 Å². The third-order valence-corrected chi connectivity index (χ3v) is 5.18. The SMILES string of the molecule is CCNC(=NCC(c1cnn(C)c1)N(C)C)N1CCN(c2ccccc2)CC1.I. The lowest BCUT2D eigenvalue weighted by molar-refractivity contribution is 0.303. The first-order valence-electron chi connectivity index (χ1n) is 10.1. The van der Waals surface area contributed by atoms with Crippen molar-refractivity contribution in [3.63, 3.8) is 0 Å². The Morgan fingerprint density at radius 2 is 1.86 bits per heavy atom. The van der Waals surface area contributed by atoms with Gasteiger partial charge in [-0.1, -0.05) is 18.2 Å². The summed E-state index contributed by atoms with van der Waals surface area (Å²) in [5.41, 5.74) is 2.49. The number of guanidine groups is 1. The van der Waals surface area contributed by atoms with E-state index in [1.807, 2.05) is 17.9 Å². The summed E-state index contributed by atoms with van der Waals surface area (Å²) in [6, 6.07) is 10.9. The second-order valence-electron chi connectivity index (χ2n) is 7.43. The molecule has 0 spiro atoms. The van der Waals surface area contributed by atoms with Crippen molar-refractivity contribution in [3.8, 4) is 0 Å². The molecule has 3 rings (SSSR count). The topological polar surface area (TPSA) is 51.9 Å². The molecule has 1 N–H and O–H groups in total. The molecule has 8 heteroatoms. The highest BCUT2D eigenvalue weighted by atomic mass is 127. The Morgan fingerprint density at radius 3 is 2.41 bits per heavy atom. The van der Waals surface area contributed by atoms with E-state index in [1.165, 1.54) is 11.3 Å². The summed E-state index contributed by atoms with van der Waals surface area (Å²) in [6.07, 6.45) is 4.01. The Hall–Kier alpha value is -1.81. The van der Waals surface area contributed by atoms with E-state index >= 15 is 0 Å². The molecule has 0 amide bonds. The summed E-state index contributed by atoms with van der Waals surface area (Å²) >= 11 is 0. The predicted octanol–water partition coefficient (Wildman–Crippen LogP) is 2.43. The Balaban J connectivity index is 0.00000300. The lowest BCUT2D eigenvalue weighted by Gasteiger charge is -2.38. The van der Waals surface area contributed by atoms with Gasteiger partial charge in [-0.05, 0) is 33.2 Å². The molecule has 1 aromatic carbocycles. The summed E-state index contributed by atoms with van der Waals surface area (Å²) in [7, 11) is 6.15. The maximum atomic E-state index is 4.98. The molecule has 29 heavy (non-hydrogen) atoms. The van der Waals surface area contributed by atoms with Crippen molar-refractivity contribution in [1.29, 1.82) is 0 Å². The summed E-state index contributed by atoms with van der Waals surface area (Å²) in [6.45, 7) is 7.67. The second-order valence-corrected chi connectivity index (χ2v) is 7.43. The summed E-state index contributed by atoms with van der Waals surface area (Å²) in [5, 5.41) is 7.80. The molecular weight excluding hydrogens is 477 g/mol. The average molecular weight is 511 g/mol. The Bertz CT molecular complexity index is 751. The van der Waals surface area contributed by atoms with Crippen LogP contribution in [0.4, 0.5) is 5.69 Å². The van der Waals surface area contributed by atoms with Crippen molar-refractivity contribution in [2.24, 2.45) is 12.0 Å². The van der Waals surface area contributed by atoms with Gasteiger partial charge in [-0.3, -0.25) is 9.67 Å². The van der Waals surface area contributed by atoms with Crippen LogP contribution in [0.15, 0.2) is 47.7 Å².